The monoisotopic (exact) mass is 468 g/mol. The van der Waals surface area contributed by atoms with E-state index in [1.807, 2.05) is 0 Å². The third-order valence-corrected chi connectivity index (χ3v) is 5.26. The van der Waals surface area contributed by atoms with Crippen molar-refractivity contribution >= 4 is 24.4 Å². The van der Waals surface area contributed by atoms with Crippen LogP contribution in [0.15, 0.2) is 46.4 Å². The molecule has 0 saturated heterocycles. The molecule has 4 N–H and O–H groups in total. The van der Waals surface area contributed by atoms with Crippen LogP contribution in [-0.4, -0.2) is 56.9 Å². The van der Waals surface area contributed by atoms with Crippen LogP contribution >= 0.6 is 0 Å². The van der Waals surface area contributed by atoms with Crippen LogP contribution in [0.2, 0.25) is 0 Å². The largest absolute Gasteiger partial charge is 0.507 e. The lowest BCUT2D eigenvalue weighted by Crippen LogP contribution is -2.32. The van der Waals surface area contributed by atoms with E-state index >= 15 is 0 Å². The summed E-state index contributed by atoms with van der Waals surface area (Å²) in [5.74, 6) is -2.49. The first-order chi connectivity index (χ1) is 15.6. The minimum atomic E-state index is -1.07. The summed E-state index contributed by atoms with van der Waals surface area (Å²) in [5, 5.41) is 40.6. The molecule has 0 aromatic heterocycles. The lowest BCUT2D eigenvalue weighted by molar-refractivity contribution is -0.141. The highest BCUT2D eigenvalue weighted by Crippen LogP contribution is 2.38. The quantitative estimate of drug-likeness (QED) is 0.438. The van der Waals surface area contributed by atoms with E-state index in [0.29, 0.717) is 22.3 Å². The minimum Gasteiger partial charge on any atom is -0.507 e. The van der Waals surface area contributed by atoms with Crippen molar-refractivity contribution in [1.82, 2.24) is 0 Å². The van der Waals surface area contributed by atoms with Crippen LogP contribution in [-0.2, 0) is 9.59 Å². The number of aliphatic carboxylic acids is 2. The predicted molar refractivity (Wildman–Crippen MR) is 132 cm³/mol. The molecule has 8 nitrogen and oxygen atoms in total. The number of hydrogen-bond acceptors (Lipinski definition) is 6. The van der Waals surface area contributed by atoms with Gasteiger partial charge in [0, 0.05) is 34.7 Å². The Bertz CT molecular complexity index is 1030. The molecule has 0 amide bonds. The summed E-state index contributed by atoms with van der Waals surface area (Å²) in [6.07, 6.45) is 2.62. The van der Waals surface area contributed by atoms with Crippen molar-refractivity contribution in [1.29, 1.82) is 0 Å². The summed E-state index contributed by atoms with van der Waals surface area (Å²) in [6.45, 7) is 10.6. The average Bonchev–Trinajstić information content (AvgIpc) is 2.68. The molecule has 0 bridgehead atoms. The number of rotatable bonds is 7. The van der Waals surface area contributed by atoms with Crippen LogP contribution in [0.25, 0.3) is 11.1 Å². The van der Waals surface area contributed by atoms with Crippen molar-refractivity contribution in [2.75, 3.05) is 0 Å². The van der Waals surface area contributed by atoms with Gasteiger partial charge in [-0.1, -0.05) is 65.8 Å². The zero-order chi connectivity index (χ0) is 25.8. The van der Waals surface area contributed by atoms with Gasteiger partial charge in [0.05, 0.1) is 0 Å². The van der Waals surface area contributed by atoms with Crippen LogP contribution in [0.1, 0.15) is 52.7 Å². The molecule has 2 rings (SSSR count). The maximum Gasteiger partial charge on any atom is 0.328 e. The first kappa shape index (κ1) is 26.6. The van der Waals surface area contributed by atoms with Gasteiger partial charge in [-0.25, -0.2) is 9.59 Å². The molecular weight excluding hydrogens is 436 g/mol. The number of carboxylic acid groups (broad SMARTS) is 2. The molecule has 0 radical (unpaired) electrons. The fourth-order valence-corrected chi connectivity index (χ4v) is 3.39. The SMILES string of the molecule is CC(C)(C)[C@@H](N=Cc1cccc(-c2cccc(C=N[C@@H](C(=O)O)C(C)(C)C)c2O)c1O)C(=O)O. The van der Waals surface area contributed by atoms with Crippen LogP contribution in [0.5, 0.6) is 11.5 Å². The zero-order valence-electron chi connectivity index (χ0n) is 20.3. The number of carbonyl (C=O) groups is 2. The van der Waals surface area contributed by atoms with E-state index in [1.54, 1.807) is 77.9 Å². The Labute approximate surface area is 199 Å². The highest BCUT2D eigenvalue weighted by molar-refractivity contribution is 5.94. The van der Waals surface area contributed by atoms with Crippen LogP contribution in [0.3, 0.4) is 0 Å². The second-order valence-corrected chi connectivity index (χ2v) is 10.3. The Kier molecular flexibility index (Phi) is 7.87. The second kappa shape index (κ2) is 10.1. The van der Waals surface area contributed by atoms with E-state index in [2.05, 4.69) is 9.98 Å². The molecule has 0 fully saturated rings. The van der Waals surface area contributed by atoms with Crippen LogP contribution in [0, 0.1) is 10.8 Å². The van der Waals surface area contributed by atoms with Crippen molar-refractivity contribution in [3.8, 4) is 22.6 Å². The molecule has 2 aromatic carbocycles. The van der Waals surface area contributed by atoms with E-state index in [-0.39, 0.29) is 11.5 Å². The number of nitrogens with zero attached hydrogens (tertiary/aromatic N) is 2. The Hall–Kier alpha value is -3.68. The van der Waals surface area contributed by atoms with E-state index in [1.165, 1.54) is 12.4 Å². The number of phenols is 2. The highest BCUT2D eigenvalue weighted by atomic mass is 16.4. The van der Waals surface area contributed by atoms with Gasteiger partial charge in [0.15, 0.2) is 12.1 Å². The number of benzene rings is 2. The Morgan fingerprint density at radius 2 is 1.03 bits per heavy atom. The van der Waals surface area contributed by atoms with Gasteiger partial charge in [-0.3, -0.25) is 9.98 Å². The number of para-hydroxylation sites is 2. The highest BCUT2D eigenvalue weighted by Gasteiger charge is 2.31. The summed E-state index contributed by atoms with van der Waals surface area (Å²) in [5.41, 5.74) is -0.0322. The third-order valence-electron chi connectivity index (χ3n) is 5.26. The topological polar surface area (TPSA) is 140 Å². The molecule has 34 heavy (non-hydrogen) atoms. The number of hydrogen-bond donors (Lipinski definition) is 4. The Balaban J connectivity index is 2.49. The van der Waals surface area contributed by atoms with Gasteiger partial charge in [0.1, 0.15) is 11.5 Å². The molecule has 0 heterocycles. The molecule has 0 spiro atoms. The fourth-order valence-electron chi connectivity index (χ4n) is 3.39. The van der Waals surface area contributed by atoms with Crippen molar-refractivity contribution in [3.63, 3.8) is 0 Å². The first-order valence-corrected chi connectivity index (χ1v) is 10.8. The van der Waals surface area contributed by atoms with Gasteiger partial charge >= 0.3 is 11.9 Å². The van der Waals surface area contributed by atoms with Gasteiger partial charge in [0.25, 0.3) is 0 Å². The Morgan fingerprint density at radius 3 is 1.29 bits per heavy atom. The maximum absolute atomic E-state index is 11.6. The normalized spacial score (nSPS) is 14.4. The van der Waals surface area contributed by atoms with E-state index in [4.69, 9.17) is 0 Å². The molecule has 0 aliphatic carbocycles. The first-order valence-electron chi connectivity index (χ1n) is 10.8. The number of aliphatic imine (C=N–C) groups is 2. The molecular formula is C26H32N2O6. The summed E-state index contributed by atoms with van der Waals surface area (Å²) >= 11 is 0. The van der Waals surface area contributed by atoms with Crippen molar-refractivity contribution in [2.24, 2.45) is 20.8 Å². The summed E-state index contributed by atoms with van der Waals surface area (Å²) in [6, 6.07) is 7.70. The smallest absolute Gasteiger partial charge is 0.328 e. The van der Waals surface area contributed by atoms with Crippen molar-refractivity contribution in [3.05, 3.63) is 47.5 Å². The number of carboxylic acids is 2. The van der Waals surface area contributed by atoms with Gasteiger partial charge in [-0.05, 0) is 23.0 Å². The molecule has 0 aliphatic heterocycles. The molecule has 2 aromatic rings. The maximum atomic E-state index is 11.6. The standard InChI is InChI=1S/C26H32N2O6/c1-25(2,3)21(23(31)32)27-13-15-9-7-11-17(19(15)29)18-12-8-10-16(20(18)30)14-28-22(24(33)34)26(4,5)6/h7-14,21-22,29-30H,1-6H3,(H,31,32)(H,33,34)/t21-,22-/m0/s1. The van der Waals surface area contributed by atoms with Crippen LogP contribution in [0.4, 0.5) is 0 Å². The summed E-state index contributed by atoms with van der Waals surface area (Å²) in [7, 11) is 0. The van der Waals surface area contributed by atoms with Gasteiger partial charge in [-0.2, -0.15) is 0 Å². The predicted octanol–water partition coefficient (Wildman–Crippen LogP) is 4.60. The van der Waals surface area contributed by atoms with Gasteiger partial charge in [-0.15, -0.1) is 0 Å². The van der Waals surface area contributed by atoms with Crippen molar-refractivity contribution in [2.45, 2.75) is 53.6 Å². The number of aromatic hydroxyl groups is 2. The molecule has 0 aliphatic rings. The molecule has 0 unspecified atom stereocenters. The second-order valence-electron chi connectivity index (χ2n) is 10.3. The number of phenolic OH excluding ortho intramolecular Hbond substituents is 2. The van der Waals surface area contributed by atoms with Gasteiger partial charge < -0.3 is 20.4 Å². The fraction of sp³-hybridized carbons (Fsp3) is 0.385. The van der Waals surface area contributed by atoms with Crippen molar-refractivity contribution < 1.29 is 30.0 Å². The van der Waals surface area contributed by atoms with Gasteiger partial charge in [0.2, 0.25) is 0 Å². The average molecular weight is 469 g/mol. The lowest BCUT2D eigenvalue weighted by atomic mass is 9.87. The Morgan fingerprint density at radius 1 is 0.706 bits per heavy atom. The van der Waals surface area contributed by atoms with E-state index < -0.39 is 34.9 Å². The molecule has 2 atom stereocenters. The lowest BCUT2D eigenvalue weighted by Gasteiger charge is -2.23. The van der Waals surface area contributed by atoms with E-state index in [9.17, 15) is 30.0 Å². The molecule has 8 heteroatoms. The molecule has 0 saturated carbocycles. The third kappa shape index (κ3) is 6.21. The zero-order valence-corrected chi connectivity index (χ0v) is 20.3. The molecule has 182 valence electrons. The van der Waals surface area contributed by atoms with E-state index in [0.717, 1.165) is 0 Å². The minimum absolute atomic E-state index is 0.174. The van der Waals surface area contributed by atoms with Crippen LogP contribution < -0.4 is 0 Å². The summed E-state index contributed by atoms with van der Waals surface area (Å²) < 4.78 is 0. The summed E-state index contributed by atoms with van der Waals surface area (Å²) in [4.78, 5) is 31.5.